The second kappa shape index (κ2) is 10.8. The lowest BCUT2D eigenvalue weighted by atomic mass is 9.99. The second-order valence-electron chi connectivity index (χ2n) is 6.12. The van der Waals surface area contributed by atoms with Gasteiger partial charge in [0.1, 0.15) is 12.6 Å². The molecule has 3 amide bonds. The highest BCUT2D eigenvalue weighted by molar-refractivity contribution is 9.11. The molecule has 1 aromatic heterocycles. The zero-order chi connectivity index (χ0) is 20.5. The van der Waals surface area contributed by atoms with Crippen LogP contribution in [0.4, 0.5) is 4.79 Å². The monoisotopic (exact) mass is 467 g/mol. The van der Waals surface area contributed by atoms with E-state index in [1.165, 1.54) is 11.3 Å². The van der Waals surface area contributed by atoms with Crippen LogP contribution in [0.1, 0.15) is 35.5 Å². The fourth-order valence-corrected chi connectivity index (χ4v) is 3.57. The molecule has 0 fully saturated rings. The molecule has 7 nitrogen and oxygen atoms in total. The molecule has 2 atom stereocenters. The average Bonchev–Trinajstić information content (AvgIpc) is 3.15. The average molecular weight is 468 g/mol. The topological polar surface area (TPSA) is 96.5 Å². The van der Waals surface area contributed by atoms with Crippen LogP contribution in [-0.2, 0) is 16.1 Å². The van der Waals surface area contributed by atoms with Gasteiger partial charge in [0.15, 0.2) is 0 Å². The van der Waals surface area contributed by atoms with Gasteiger partial charge in [-0.3, -0.25) is 20.4 Å². The Bertz CT molecular complexity index is 813. The van der Waals surface area contributed by atoms with E-state index in [2.05, 4.69) is 32.1 Å². The van der Waals surface area contributed by atoms with Gasteiger partial charge in [-0.1, -0.05) is 50.6 Å². The van der Waals surface area contributed by atoms with Gasteiger partial charge in [0.25, 0.3) is 11.8 Å². The molecule has 1 aromatic carbocycles. The van der Waals surface area contributed by atoms with Crippen molar-refractivity contribution in [2.24, 2.45) is 5.92 Å². The van der Waals surface area contributed by atoms with Crippen LogP contribution in [-0.4, -0.2) is 23.9 Å². The van der Waals surface area contributed by atoms with Crippen molar-refractivity contribution < 1.29 is 19.1 Å². The predicted octanol–water partition coefficient (Wildman–Crippen LogP) is 3.61. The Labute approximate surface area is 175 Å². The van der Waals surface area contributed by atoms with Crippen molar-refractivity contribution in [1.82, 2.24) is 16.2 Å². The maximum atomic E-state index is 12.5. The van der Waals surface area contributed by atoms with Gasteiger partial charge in [-0.15, -0.1) is 11.3 Å². The minimum absolute atomic E-state index is 0.103. The third-order valence-corrected chi connectivity index (χ3v) is 5.70. The summed E-state index contributed by atoms with van der Waals surface area (Å²) in [6, 6.07) is 11.8. The number of hydrazine groups is 1. The van der Waals surface area contributed by atoms with Gasteiger partial charge in [0.05, 0.1) is 8.66 Å². The molecule has 0 aliphatic heterocycles. The van der Waals surface area contributed by atoms with Crippen molar-refractivity contribution in [3.05, 3.63) is 56.7 Å². The summed E-state index contributed by atoms with van der Waals surface area (Å²) in [6.45, 7) is 3.84. The fourth-order valence-electron chi connectivity index (χ4n) is 2.29. The number of hydrogen-bond acceptors (Lipinski definition) is 5. The summed E-state index contributed by atoms with van der Waals surface area (Å²) in [5, 5.41) is 2.58. The van der Waals surface area contributed by atoms with Gasteiger partial charge < -0.3 is 10.1 Å². The van der Waals surface area contributed by atoms with Crippen molar-refractivity contribution in [3.63, 3.8) is 0 Å². The molecule has 28 heavy (non-hydrogen) atoms. The van der Waals surface area contributed by atoms with Crippen molar-refractivity contribution in [2.75, 3.05) is 0 Å². The zero-order valence-corrected chi connectivity index (χ0v) is 17.9. The van der Waals surface area contributed by atoms with Crippen LogP contribution >= 0.6 is 27.3 Å². The molecule has 2 aromatic rings. The molecule has 0 spiro atoms. The third kappa shape index (κ3) is 6.65. The van der Waals surface area contributed by atoms with E-state index in [1.807, 2.05) is 44.2 Å². The molecule has 150 valence electrons. The first kappa shape index (κ1) is 21.9. The second-order valence-corrected chi connectivity index (χ2v) is 8.58. The van der Waals surface area contributed by atoms with Gasteiger partial charge in [0.2, 0.25) is 0 Å². The van der Waals surface area contributed by atoms with E-state index >= 15 is 0 Å². The molecule has 3 N–H and O–H groups in total. The lowest BCUT2D eigenvalue weighted by Gasteiger charge is -2.23. The van der Waals surface area contributed by atoms with Crippen LogP contribution in [0.3, 0.4) is 0 Å². The molecule has 1 heterocycles. The number of carbonyl (C=O) groups excluding carboxylic acids is 3. The Kier molecular flexibility index (Phi) is 8.46. The Morgan fingerprint density at radius 2 is 1.82 bits per heavy atom. The van der Waals surface area contributed by atoms with E-state index in [0.29, 0.717) is 11.3 Å². The van der Waals surface area contributed by atoms with Crippen LogP contribution in [0.25, 0.3) is 0 Å². The van der Waals surface area contributed by atoms with E-state index in [-0.39, 0.29) is 12.5 Å². The number of benzene rings is 1. The number of rotatable bonds is 7. The molecular weight excluding hydrogens is 446 g/mol. The number of carbonyl (C=O) groups is 3. The summed E-state index contributed by atoms with van der Waals surface area (Å²) in [7, 11) is 0. The number of halogens is 1. The van der Waals surface area contributed by atoms with Gasteiger partial charge in [-0.2, -0.15) is 0 Å². The van der Waals surface area contributed by atoms with Gasteiger partial charge >= 0.3 is 6.09 Å². The van der Waals surface area contributed by atoms with Crippen LogP contribution in [0.5, 0.6) is 0 Å². The molecule has 0 saturated carbocycles. The van der Waals surface area contributed by atoms with Crippen molar-refractivity contribution in [3.8, 4) is 0 Å². The smallest absolute Gasteiger partial charge is 0.408 e. The van der Waals surface area contributed by atoms with E-state index < -0.39 is 23.9 Å². The Morgan fingerprint density at radius 1 is 1.11 bits per heavy atom. The van der Waals surface area contributed by atoms with Crippen LogP contribution in [0.2, 0.25) is 0 Å². The maximum Gasteiger partial charge on any atom is 0.408 e. The largest absolute Gasteiger partial charge is 0.445 e. The number of hydrogen-bond donors (Lipinski definition) is 3. The lowest BCUT2D eigenvalue weighted by molar-refractivity contribution is -0.125. The Hall–Kier alpha value is -2.39. The number of amides is 3. The molecule has 0 aliphatic rings. The van der Waals surface area contributed by atoms with E-state index in [0.717, 1.165) is 9.35 Å². The highest BCUT2D eigenvalue weighted by Gasteiger charge is 2.27. The Balaban J connectivity index is 1.89. The number of alkyl carbamates (subject to hydrolysis) is 1. The standard InChI is InChI=1S/C19H22BrN3O4S/c1-3-12(2)16(21-19(26)27-11-13-7-5-4-6-8-13)18(25)23-22-17(24)14-9-10-15(20)28-14/h4-10,12,16H,3,11H2,1-2H3,(H,21,26)(H,22,24)(H,23,25)/t12-,16-/m0/s1. The summed E-state index contributed by atoms with van der Waals surface area (Å²) in [5.74, 6) is -1.11. The van der Waals surface area contributed by atoms with Gasteiger partial charge in [0, 0.05) is 0 Å². The molecule has 0 radical (unpaired) electrons. The maximum absolute atomic E-state index is 12.5. The predicted molar refractivity (Wildman–Crippen MR) is 111 cm³/mol. The SMILES string of the molecule is CC[C@H](C)[C@H](NC(=O)OCc1ccccc1)C(=O)NNC(=O)c1ccc(Br)s1. The van der Waals surface area contributed by atoms with E-state index in [4.69, 9.17) is 4.74 Å². The van der Waals surface area contributed by atoms with Crippen LogP contribution < -0.4 is 16.2 Å². The van der Waals surface area contributed by atoms with Crippen molar-refractivity contribution in [2.45, 2.75) is 32.9 Å². The van der Waals surface area contributed by atoms with Crippen molar-refractivity contribution >= 4 is 45.2 Å². The lowest BCUT2D eigenvalue weighted by Crippen LogP contribution is -2.54. The zero-order valence-electron chi connectivity index (χ0n) is 15.5. The summed E-state index contributed by atoms with van der Waals surface area (Å²) < 4.78 is 5.99. The third-order valence-electron chi connectivity index (χ3n) is 4.08. The highest BCUT2D eigenvalue weighted by atomic mass is 79.9. The van der Waals surface area contributed by atoms with E-state index in [9.17, 15) is 14.4 Å². The molecule has 0 bridgehead atoms. The van der Waals surface area contributed by atoms with Crippen LogP contribution in [0.15, 0.2) is 46.3 Å². The molecule has 9 heteroatoms. The minimum Gasteiger partial charge on any atom is -0.445 e. The number of nitrogens with one attached hydrogen (secondary N) is 3. The first-order chi connectivity index (χ1) is 13.4. The summed E-state index contributed by atoms with van der Waals surface area (Å²) >= 11 is 4.53. The number of ether oxygens (including phenoxy) is 1. The molecule has 0 unspecified atom stereocenters. The van der Waals surface area contributed by atoms with Crippen LogP contribution in [0, 0.1) is 5.92 Å². The first-order valence-corrected chi connectivity index (χ1v) is 10.3. The summed E-state index contributed by atoms with van der Waals surface area (Å²) in [6.07, 6.45) is -0.0408. The summed E-state index contributed by atoms with van der Waals surface area (Å²) in [4.78, 5) is 37.1. The summed E-state index contributed by atoms with van der Waals surface area (Å²) in [5.41, 5.74) is 5.57. The quantitative estimate of drug-likeness (QED) is 0.541. The van der Waals surface area contributed by atoms with Gasteiger partial charge in [-0.05, 0) is 39.5 Å². The minimum atomic E-state index is -0.844. The first-order valence-electron chi connectivity index (χ1n) is 8.73. The van der Waals surface area contributed by atoms with Crippen molar-refractivity contribution in [1.29, 1.82) is 0 Å². The molecule has 0 aliphatic carbocycles. The molecule has 2 rings (SSSR count). The normalized spacial score (nSPS) is 12.5. The molecule has 0 saturated heterocycles. The fraction of sp³-hybridized carbons (Fsp3) is 0.316. The van der Waals surface area contributed by atoms with E-state index in [1.54, 1.807) is 12.1 Å². The number of thiophene rings is 1. The van der Waals surface area contributed by atoms with Gasteiger partial charge in [-0.25, -0.2) is 4.79 Å². The highest BCUT2D eigenvalue weighted by Crippen LogP contribution is 2.21. The molecular formula is C19H22BrN3O4S. The Morgan fingerprint density at radius 3 is 2.43 bits per heavy atom.